The molecule has 0 atom stereocenters. The highest BCUT2D eigenvalue weighted by molar-refractivity contribution is 6.31. The molecule has 0 heterocycles. The molecule has 0 aliphatic heterocycles. The Morgan fingerprint density at radius 2 is 1.60 bits per heavy atom. The first-order chi connectivity index (χ1) is 9.74. The number of halogens is 1. The van der Waals surface area contributed by atoms with Crippen molar-refractivity contribution in [3.05, 3.63) is 34.3 Å². The van der Waals surface area contributed by atoms with Crippen molar-refractivity contribution in [3.8, 4) is 11.8 Å². The van der Waals surface area contributed by atoms with Crippen LogP contribution in [0.4, 0.5) is 0 Å². The van der Waals surface area contributed by atoms with Crippen LogP contribution < -0.4 is 0 Å². The van der Waals surface area contributed by atoms with Crippen molar-refractivity contribution in [2.24, 2.45) is 0 Å². The Bertz CT molecular complexity index is 437. The van der Waals surface area contributed by atoms with E-state index in [1.807, 2.05) is 19.1 Å². The molecule has 0 aliphatic rings. The maximum atomic E-state index is 6.00. The van der Waals surface area contributed by atoms with Crippen LogP contribution in [0.25, 0.3) is 0 Å². The van der Waals surface area contributed by atoms with Gasteiger partial charge < -0.3 is 0 Å². The number of unbranched alkanes of at least 4 members (excludes halogenated alkanes) is 8. The number of benzene rings is 1. The fraction of sp³-hybridized carbons (Fsp3) is 0.579. The van der Waals surface area contributed by atoms with E-state index in [1.165, 1.54) is 51.4 Å². The average molecular weight is 291 g/mol. The molecule has 0 spiro atoms. The van der Waals surface area contributed by atoms with E-state index in [-0.39, 0.29) is 0 Å². The molecule has 0 radical (unpaired) electrons. The number of hydrogen-bond acceptors (Lipinski definition) is 0. The van der Waals surface area contributed by atoms with Crippen molar-refractivity contribution < 1.29 is 0 Å². The van der Waals surface area contributed by atoms with Crippen LogP contribution in [-0.4, -0.2) is 0 Å². The summed E-state index contributed by atoms with van der Waals surface area (Å²) in [6.45, 7) is 4.28. The van der Waals surface area contributed by atoms with E-state index in [4.69, 9.17) is 11.6 Å². The summed E-state index contributed by atoms with van der Waals surface area (Å²) in [7, 11) is 0. The number of rotatable bonds is 8. The van der Waals surface area contributed by atoms with Crippen molar-refractivity contribution >= 4 is 11.6 Å². The molecule has 0 bridgehead atoms. The normalized spacial score (nSPS) is 10.2. The largest absolute Gasteiger partial charge is 0.0979 e. The smallest absolute Gasteiger partial charge is 0.0436 e. The van der Waals surface area contributed by atoms with Crippen LogP contribution in [0.5, 0.6) is 0 Å². The van der Waals surface area contributed by atoms with Gasteiger partial charge in [-0.05, 0) is 37.1 Å². The van der Waals surface area contributed by atoms with E-state index in [1.54, 1.807) is 0 Å². The Morgan fingerprint density at radius 3 is 2.25 bits per heavy atom. The fourth-order valence-electron chi connectivity index (χ4n) is 2.23. The third kappa shape index (κ3) is 7.61. The van der Waals surface area contributed by atoms with Gasteiger partial charge in [0, 0.05) is 17.0 Å². The quantitative estimate of drug-likeness (QED) is 0.377. The number of aryl methyl sites for hydroxylation is 1. The lowest BCUT2D eigenvalue weighted by atomic mass is 10.1. The summed E-state index contributed by atoms with van der Waals surface area (Å²) in [4.78, 5) is 0. The molecular formula is C19H27Cl. The lowest BCUT2D eigenvalue weighted by Crippen LogP contribution is -1.81. The minimum atomic E-state index is 0.818. The Labute approximate surface area is 129 Å². The SMILES string of the molecule is CCCCCCCCCCC#Cc1ccc(Cl)c(C)c1. The first-order valence-electron chi connectivity index (χ1n) is 7.99. The van der Waals surface area contributed by atoms with Gasteiger partial charge in [0.05, 0.1) is 0 Å². The van der Waals surface area contributed by atoms with Crippen molar-refractivity contribution in [1.82, 2.24) is 0 Å². The molecule has 0 aromatic heterocycles. The molecule has 110 valence electrons. The first-order valence-corrected chi connectivity index (χ1v) is 8.37. The molecule has 0 aliphatic carbocycles. The maximum Gasteiger partial charge on any atom is 0.0436 e. The topological polar surface area (TPSA) is 0 Å². The van der Waals surface area contributed by atoms with E-state index in [0.29, 0.717) is 0 Å². The Hall–Kier alpha value is -0.930. The summed E-state index contributed by atoms with van der Waals surface area (Å²) in [5, 5.41) is 0.818. The maximum absolute atomic E-state index is 6.00. The van der Waals surface area contributed by atoms with Crippen molar-refractivity contribution in [1.29, 1.82) is 0 Å². The van der Waals surface area contributed by atoms with Crippen molar-refractivity contribution in [2.45, 2.75) is 71.6 Å². The highest BCUT2D eigenvalue weighted by atomic mass is 35.5. The fourth-order valence-corrected chi connectivity index (χ4v) is 2.35. The third-order valence-electron chi connectivity index (χ3n) is 3.55. The summed E-state index contributed by atoms with van der Waals surface area (Å²) in [6, 6.07) is 5.98. The zero-order valence-electron chi connectivity index (χ0n) is 13.0. The van der Waals surface area contributed by atoms with E-state index in [0.717, 1.165) is 22.6 Å². The molecule has 0 saturated carbocycles. The zero-order chi connectivity index (χ0) is 14.6. The first kappa shape index (κ1) is 17.1. The summed E-state index contributed by atoms with van der Waals surface area (Å²) >= 11 is 6.00. The molecule has 0 amide bonds. The molecule has 1 aromatic rings. The van der Waals surface area contributed by atoms with Crippen LogP contribution in [0.2, 0.25) is 5.02 Å². The summed E-state index contributed by atoms with van der Waals surface area (Å²) in [5.74, 6) is 6.49. The van der Waals surface area contributed by atoms with E-state index >= 15 is 0 Å². The van der Waals surface area contributed by atoms with Crippen molar-refractivity contribution in [3.63, 3.8) is 0 Å². The Balaban J connectivity index is 2.09. The Kier molecular flexibility index (Phi) is 9.25. The van der Waals surface area contributed by atoms with Gasteiger partial charge in [-0.3, -0.25) is 0 Å². The minimum absolute atomic E-state index is 0.818. The lowest BCUT2D eigenvalue weighted by molar-refractivity contribution is 0.579. The van der Waals surface area contributed by atoms with Gasteiger partial charge in [-0.1, -0.05) is 75.3 Å². The summed E-state index contributed by atoms with van der Waals surface area (Å²) in [6.07, 6.45) is 11.9. The van der Waals surface area contributed by atoms with Crippen LogP contribution in [0.3, 0.4) is 0 Å². The molecule has 0 nitrogen and oxygen atoms in total. The molecule has 20 heavy (non-hydrogen) atoms. The van der Waals surface area contributed by atoms with Gasteiger partial charge >= 0.3 is 0 Å². The highest BCUT2D eigenvalue weighted by Gasteiger charge is 1.94. The van der Waals surface area contributed by atoms with Gasteiger partial charge in [0.2, 0.25) is 0 Å². The highest BCUT2D eigenvalue weighted by Crippen LogP contribution is 2.15. The van der Waals surface area contributed by atoms with Crippen LogP contribution in [0.15, 0.2) is 18.2 Å². The second kappa shape index (κ2) is 10.8. The lowest BCUT2D eigenvalue weighted by Gasteiger charge is -1.99. The summed E-state index contributed by atoms with van der Waals surface area (Å²) in [5.41, 5.74) is 2.18. The molecule has 0 fully saturated rings. The van der Waals surface area contributed by atoms with Crippen LogP contribution in [0, 0.1) is 18.8 Å². The standard InChI is InChI=1S/C19H27Cl/c1-3-4-5-6-7-8-9-10-11-12-13-18-14-15-19(20)17(2)16-18/h14-16H,3-11H2,1-2H3. The second-order valence-electron chi connectivity index (χ2n) is 5.49. The van der Waals surface area contributed by atoms with Gasteiger partial charge in [-0.2, -0.15) is 0 Å². The van der Waals surface area contributed by atoms with Gasteiger partial charge in [-0.15, -0.1) is 0 Å². The molecule has 1 aromatic carbocycles. The van der Waals surface area contributed by atoms with Crippen molar-refractivity contribution in [2.75, 3.05) is 0 Å². The second-order valence-corrected chi connectivity index (χ2v) is 5.90. The van der Waals surface area contributed by atoms with E-state index in [9.17, 15) is 0 Å². The molecule has 1 heteroatoms. The summed E-state index contributed by atoms with van der Waals surface area (Å²) < 4.78 is 0. The van der Waals surface area contributed by atoms with Gasteiger partial charge in [0.15, 0.2) is 0 Å². The molecule has 0 N–H and O–H groups in total. The molecular weight excluding hydrogens is 264 g/mol. The molecule has 0 unspecified atom stereocenters. The molecule has 0 saturated heterocycles. The predicted octanol–water partition coefficient (Wildman–Crippen LogP) is 6.53. The van der Waals surface area contributed by atoms with Crippen LogP contribution in [-0.2, 0) is 0 Å². The average Bonchev–Trinajstić information content (AvgIpc) is 2.45. The van der Waals surface area contributed by atoms with Gasteiger partial charge in [0.25, 0.3) is 0 Å². The predicted molar refractivity (Wildman–Crippen MR) is 90.3 cm³/mol. The zero-order valence-corrected chi connectivity index (χ0v) is 13.7. The molecule has 1 rings (SSSR count). The van der Waals surface area contributed by atoms with Gasteiger partial charge in [-0.25, -0.2) is 0 Å². The minimum Gasteiger partial charge on any atom is -0.0979 e. The van der Waals surface area contributed by atoms with E-state index in [2.05, 4.69) is 24.8 Å². The number of hydrogen-bond donors (Lipinski definition) is 0. The third-order valence-corrected chi connectivity index (χ3v) is 3.97. The van der Waals surface area contributed by atoms with Crippen LogP contribution in [0.1, 0.15) is 75.8 Å². The van der Waals surface area contributed by atoms with Gasteiger partial charge in [0.1, 0.15) is 0 Å². The van der Waals surface area contributed by atoms with Crippen LogP contribution >= 0.6 is 11.6 Å². The monoisotopic (exact) mass is 290 g/mol. The van der Waals surface area contributed by atoms with E-state index < -0.39 is 0 Å². The Morgan fingerprint density at radius 1 is 0.950 bits per heavy atom.